The maximum absolute atomic E-state index is 12.9. The average Bonchev–Trinajstić information content (AvgIpc) is 3.15. The molecular formula is C15H15FN4O2S. The zero-order valence-corrected chi connectivity index (χ0v) is 13.3. The van der Waals surface area contributed by atoms with Crippen LogP contribution in [0.15, 0.2) is 44.9 Å². The van der Waals surface area contributed by atoms with Crippen LogP contribution in [0.1, 0.15) is 19.0 Å². The van der Waals surface area contributed by atoms with Gasteiger partial charge in [0.1, 0.15) is 12.1 Å². The summed E-state index contributed by atoms with van der Waals surface area (Å²) in [7, 11) is 0. The SMILES string of the molecule is CCCn1c(SCc2coc(-c3ccc(F)cc3)n2)n[nH]c1=O. The topological polar surface area (TPSA) is 76.7 Å². The molecule has 0 saturated carbocycles. The van der Waals surface area contributed by atoms with E-state index in [1.54, 1.807) is 23.0 Å². The molecule has 0 aliphatic heterocycles. The van der Waals surface area contributed by atoms with Crippen LogP contribution in [0.3, 0.4) is 0 Å². The summed E-state index contributed by atoms with van der Waals surface area (Å²) in [6.45, 7) is 2.62. The Balaban J connectivity index is 1.70. The third kappa shape index (κ3) is 3.53. The van der Waals surface area contributed by atoms with Crippen molar-refractivity contribution in [2.45, 2.75) is 30.8 Å². The van der Waals surface area contributed by atoms with Crippen LogP contribution in [-0.4, -0.2) is 19.7 Å². The number of halogens is 1. The Morgan fingerprint density at radius 1 is 1.35 bits per heavy atom. The monoisotopic (exact) mass is 334 g/mol. The van der Waals surface area contributed by atoms with Crippen molar-refractivity contribution in [1.82, 2.24) is 19.7 Å². The zero-order valence-electron chi connectivity index (χ0n) is 12.5. The van der Waals surface area contributed by atoms with E-state index < -0.39 is 0 Å². The molecule has 1 N–H and O–H groups in total. The smallest absolute Gasteiger partial charge is 0.343 e. The molecule has 23 heavy (non-hydrogen) atoms. The van der Waals surface area contributed by atoms with E-state index in [1.165, 1.54) is 23.9 Å². The van der Waals surface area contributed by atoms with Gasteiger partial charge in [0, 0.05) is 17.9 Å². The number of benzene rings is 1. The third-order valence-corrected chi connectivity index (χ3v) is 4.17. The summed E-state index contributed by atoms with van der Waals surface area (Å²) in [5.41, 5.74) is 1.24. The largest absolute Gasteiger partial charge is 0.444 e. The Bertz CT molecular complexity index is 838. The lowest BCUT2D eigenvalue weighted by Crippen LogP contribution is -2.17. The van der Waals surface area contributed by atoms with Gasteiger partial charge >= 0.3 is 5.69 Å². The number of hydrogen-bond acceptors (Lipinski definition) is 5. The van der Waals surface area contributed by atoms with Crippen molar-refractivity contribution < 1.29 is 8.81 Å². The molecule has 3 rings (SSSR count). The highest BCUT2D eigenvalue weighted by molar-refractivity contribution is 7.98. The number of rotatable bonds is 6. The molecule has 2 heterocycles. The van der Waals surface area contributed by atoms with E-state index in [-0.39, 0.29) is 11.5 Å². The van der Waals surface area contributed by atoms with E-state index in [9.17, 15) is 9.18 Å². The van der Waals surface area contributed by atoms with Crippen LogP contribution in [0, 0.1) is 5.82 Å². The van der Waals surface area contributed by atoms with Crippen molar-refractivity contribution in [3.05, 3.63) is 52.5 Å². The van der Waals surface area contributed by atoms with Crippen molar-refractivity contribution >= 4 is 11.8 Å². The Morgan fingerprint density at radius 2 is 2.13 bits per heavy atom. The molecule has 8 heteroatoms. The van der Waals surface area contributed by atoms with Gasteiger partial charge in [-0.05, 0) is 30.7 Å². The Labute approximate surface area is 135 Å². The van der Waals surface area contributed by atoms with Gasteiger partial charge in [-0.25, -0.2) is 19.3 Å². The van der Waals surface area contributed by atoms with E-state index in [0.29, 0.717) is 28.9 Å². The number of nitrogens with zero attached hydrogens (tertiary/aromatic N) is 3. The van der Waals surface area contributed by atoms with Crippen molar-refractivity contribution in [2.24, 2.45) is 0 Å². The van der Waals surface area contributed by atoms with Crippen molar-refractivity contribution in [3.63, 3.8) is 0 Å². The van der Waals surface area contributed by atoms with Crippen LogP contribution in [0.2, 0.25) is 0 Å². The van der Waals surface area contributed by atoms with Crippen LogP contribution in [0.25, 0.3) is 11.5 Å². The first kappa shape index (κ1) is 15.5. The molecule has 0 spiro atoms. The van der Waals surface area contributed by atoms with Crippen molar-refractivity contribution in [1.29, 1.82) is 0 Å². The van der Waals surface area contributed by atoms with Crippen LogP contribution >= 0.6 is 11.8 Å². The van der Waals surface area contributed by atoms with E-state index in [1.807, 2.05) is 6.92 Å². The summed E-state index contributed by atoms with van der Waals surface area (Å²) in [5, 5.41) is 7.09. The molecule has 0 atom stereocenters. The number of H-pyrrole nitrogens is 1. The molecular weight excluding hydrogens is 319 g/mol. The van der Waals surface area contributed by atoms with Gasteiger partial charge in [0.2, 0.25) is 5.89 Å². The number of nitrogens with one attached hydrogen (secondary N) is 1. The maximum atomic E-state index is 12.9. The summed E-state index contributed by atoms with van der Waals surface area (Å²) in [5.74, 6) is 0.663. The number of oxazole rings is 1. The van der Waals surface area contributed by atoms with E-state index in [0.717, 1.165) is 12.1 Å². The summed E-state index contributed by atoms with van der Waals surface area (Å²) in [6.07, 6.45) is 2.41. The van der Waals surface area contributed by atoms with Crippen LogP contribution < -0.4 is 5.69 Å². The Kier molecular flexibility index (Phi) is 4.61. The molecule has 0 bridgehead atoms. The predicted octanol–water partition coefficient (Wildman–Crippen LogP) is 3.07. The molecule has 0 aliphatic carbocycles. The van der Waals surface area contributed by atoms with Crippen LogP contribution in [0.4, 0.5) is 4.39 Å². The van der Waals surface area contributed by atoms with Gasteiger partial charge < -0.3 is 4.42 Å². The normalized spacial score (nSPS) is 11.0. The fourth-order valence-corrected chi connectivity index (χ4v) is 2.92. The molecule has 120 valence electrons. The fourth-order valence-electron chi connectivity index (χ4n) is 2.07. The summed E-state index contributed by atoms with van der Waals surface area (Å²) < 4.78 is 19.9. The highest BCUT2D eigenvalue weighted by Gasteiger charge is 2.11. The minimum Gasteiger partial charge on any atom is -0.444 e. The molecule has 3 aromatic rings. The second kappa shape index (κ2) is 6.82. The lowest BCUT2D eigenvalue weighted by molar-refractivity contribution is 0.572. The van der Waals surface area contributed by atoms with Gasteiger partial charge in [0.05, 0.1) is 5.69 Å². The lowest BCUT2D eigenvalue weighted by Gasteiger charge is -2.01. The zero-order chi connectivity index (χ0) is 16.2. The number of aromatic nitrogens is 4. The van der Waals surface area contributed by atoms with Gasteiger partial charge in [-0.2, -0.15) is 0 Å². The number of aromatic amines is 1. The minimum absolute atomic E-state index is 0.207. The highest BCUT2D eigenvalue weighted by atomic mass is 32.2. The second-order valence-electron chi connectivity index (χ2n) is 4.90. The highest BCUT2D eigenvalue weighted by Crippen LogP contribution is 2.23. The van der Waals surface area contributed by atoms with Crippen molar-refractivity contribution in [2.75, 3.05) is 0 Å². The molecule has 0 saturated heterocycles. The summed E-state index contributed by atoms with van der Waals surface area (Å²) in [4.78, 5) is 16.0. The molecule has 1 aromatic carbocycles. The fraction of sp³-hybridized carbons (Fsp3) is 0.267. The standard InChI is InChI=1S/C15H15FN4O2S/c1-2-7-20-14(21)18-19-15(20)23-9-12-8-22-13(17-12)10-3-5-11(16)6-4-10/h3-6,8H,2,7,9H2,1H3,(H,18,21). The molecule has 2 aromatic heterocycles. The minimum atomic E-state index is -0.302. The first-order valence-electron chi connectivity index (χ1n) is 7.15. The van der Waals surface area contributed by atoms with Gasteiger partial charge in [-0.15, -0.1) is 5.10 Å². The lowest BCUT2D eigenvalue weighted by atomic mass is 10.2. The molecule has 6 nitrogen and oxygen atoms in total. The molecule has 0 unspecified atom stereocenters. The van der Waals surface area contributed by atoms with Crippen LogP contribution in [-0.2, 0) is 12.3 Å². The van der Waals surface area contributed by atoms with E-state index >= 15 is 0 Å². The van der Waals surface area contributed by atoms with Crippen LogP contribution in [0.5, 0.6) is 0 Å². The van der Waals surface area contributed by atoms with Gasteiger partial charge in [0.15, 0.2) is 5.16 Å². The Hall–Kier alpha value is -2.35. The predicted molar refractivity (Wildman–Crippen MR) is 84.6 cm³/mol. The van der Waals surface area contributed by atoms with E-state index in [2.05, 4.69) is 15.2 Å². The first-order valence-corrected chi connectivity index (χ1v) is 8.14. The maximum Gasteiger partial charge on any atom is 0.343 e. The third-order valence-electron chi connectivity index (χ3n) is 3.16. The molecule has 0 fully saturated rings. The van der Waals surface area contributed by atoms with E-state index in [4.69, 9.17) is 4.42 Å². The molecule has 0 aliphatic rings. The number of hydrogen-bond donors (Lipinski definition) is 1. The second-order valence-corrected chi connectivity index (χ2v) is 5.85. The Morgan fingerprint density at radius 3 is 2.87 bits per heavy atom. The van der Waals surface area contributed by atoms with Gasteiger partial charge in [-0.3, -0.25) is 4.57 Å². The van der Waals surface area contributed by atoms with Gasteiger partial charge in [0.25, 0.3) is 0 Å². The number of thioether (sulfide) groups is 1. The average molecular weight is 334 g/mol. The first-order chi connectivity index (χ1) is 11.2. The summed E-state index contributed by atoms with van der Waals surface area (Å²) in [6, 6.07) is 5.96. The molecule has 0 radical (unpaired) electrons. The summed E-state index contributed by atoms with van der Waals surface area (Å²) >= 11 is 1.41. The van der Waals surface area contributed by atoms with Crippen molar-refractivity contribution in [3.8, 4) is 11.5 Å². The quantitative estimate of drug-likeness (QED) is 0.701. The van der Waals surface area contributed by atoms with Gasteiger partial charge in [-0.1, -0.05) is 18.7 Å². The molecule has 0 amide bonds.